The van der Waals surface area contributed by atoms with Gasteiger partial charge in [-0.15, -0.1) is 0 Å². The third-order valence-corrected chi connectivity index (χ3v) is 3.99. The van der Waals surface area contributed by atoms with Crippen LogP contribution in [-0.2, 0) is 4.79 Å². The number of hydrogen-bond donors (Lipinski definition) is 1. The zero-order valence-corrected chi connectivity index (χ0v) is 12.2. The zero-order valence-electron chi connectivity index (χ0n) is 11.4. The third kappa shape index (κ3) is 4.76. The zero-order chi connectivity index (χ0) is 13.4. The maximum Gasteiger partial charge on any atom is 0.224 e. The van der Waals surface area contributed by atoms with Crippen molar-refractivity contribution in [3.05, 3.63) is 0 Å². The van der Waals surface area contributed by atoms with E-state index in [9.17, 15) is 4.79 Å². The first kappa shape index (κ1) is 15.1. The molecule has 0 aromatic rings. The minimum absolute atomic E-state index is 0.158. The van der Waals surface area contributed by atoms with Crippen molar-refractivity contribution < 1.29 is 4.79 Å². The van der Waals surface area contributed by atoms with Crippen LogP contribution in [-0.4, -0.2) is 65.9 Å². The number of amides is 1. The molecule has 0 saturated carbocycles. The summed E-state index contributed by atoms with van der Waals surface area (Å²) in [5.41, 5.74) is 5.92. The smallest absolute Gasteiger partial charge is 0.224 e. The van der Waals surface area contributed by atoms with E-state index in [1.807, 2.05) is 30.5 Å². The number of nitrogens with two attached hydrogens (primary N) is 1. The van der Waals surface area contributed by atoms with Gasteiger partial charge in [0.05, 0.1) is 6.54 Å². The largest absolute Gasteiger partial charge is 0.370 e. The van der Waals surface area contributed by atoms with Crippen molar-refractivity contribution in [1.82, 2.24) is 9.80 Å². The van der Waals surface area contributed by atoms with Crippen LogP contribution < -0.4 is 5.73 Å². The van der Waals surface area contributed by atoms with Crippen molar-refractivity contribution in [1.29, 1.82) is 0 Å². The number of guanidine groups is 1. The Kier molecular flexibility index (Phi) is 6.93. The SMILES string of the molecule is CCN(CC)C(=O)CCN=C(N)N1CCSCC1. The predicted octanol–water partition coefficient (Wildman–Crippen LogP) is 0.608. The van der Waals surface area contributed by atoms with E-state index in [0.717, 1.165) is 37.7 Å². The Labute approximate surface area is 114 Å². The van der Waals surface area contributed by atoms with E-state index in [4.69, 9.17) is 5.73 Å². The van der Waals surface area contributed by atoms with E-state index in [0.29, 0.717) is 18.9 Å². The van der Waals surface area contributed by atoms with Crippen LogP contribution in [0.2, 0.25) is 0 Å². The van der Waals surface area contributed by atoms with Crippen molar-refractivity contribution in [3.63, 3.8) is 0 Å². The standard InChI is InChI=1S/C12H24N4OS/c1-3-15(4-2)11(17)5-6-14-12(13)16-7-9-18-10-8-16/h3-10H2,1-2H3,(H2,13,14). The van der Waals surface area contributed by atoms with Crippen LogP contribution in [0.4, 0.5) is 0 Å². The molecule has 1 fully saturated rings. The molecule has 0 aliphatic carbocycles. The normalized spacial score (nSPS) is 16.8. The average Bonchev–Trinajstić information content (AvgIpc) is 2.41. The molecule has 1 aliphatic heterocycles. The van der Waals surface area contributed by atoms with Crippen LogP contribution in [0.25, 0.3) is 0 Å². The number of rotatable bonds is 5. The highest BCUT2D eigenvalue weighted by atomic mass is 32.2. The highest BCUT2D eigenvalue weighted by molar-refractivity contribution is 7.99. The van der Waals surface area contributed by atoms with Crippen LogP contribution in [0, 0.1) is 0 Å². The molecule has 1 rings (SSSR count). The van der Waals surface area contributed by atoms with E-state index in [2.05, 4.69) is 9.89 Å². The lowest BCUT2D eigenvalue weighted by Gasteiger charge is -2.27. The van der Waals surface area contributed by atoms with Crippen LogP contribution in [0.1, 0.15) is 20.3 Å². The first-order chi connectivity index (χ1) is 8.69. The second kappa shape index (κ2) is 8.24. The summed E-state index contributed by atoms with van der Waals surface area (Å²) in [4.78, 5) is 20.0. The first-order valence-electron chi connectivity index (χ1n) is 6.59. The van der Waals surface area contributed by atoms with Gasteiger partial charge in [-0.1, -0.05) is 0 Å². The van der Waals surface area contributed by atoms with Gasteiger partial charge in [-0.25, -0.2) is 0 Å². The second-order valence-corrected chi connectivity index (χ2v) is 5.38. The maximum absolute atomic E-state index is 11.8. The van der Waals surface area contributed by atoms with Crippen LogP contribution in [0.15, 0.2) is 4.99 Å². The molecule has 1 heterocycles. The van der Waals surface area contributed by atoms with Crippen LogP contribution in [0.3, 0.4) is 0 Å². The summed E-state index contributed by atoms with van der Waals surface area (Å²) in [7, 11) is 0. The Hall–Kier alpha value is -0.910. The summed E-state index contributed by atoms with van der Waals surface area (Å²) < 4.78 is 0. The van der Waals surface area contributed by atoms with Gasteiger partial charge in [0.15, 0.2) is 5.96 Å². The topological polar surface area (TPSA) is 61.9 Å². The fourth-order valence-corrected chi connectivity index (χ4v) is 2.80. The second-order valence-electron chi connectivity index (χ2n) is 4.16. The van der Waals surface area contributed by atoms with Crippen molar-refractivity contribution >= 4 is 23.6 Å². The van der Waals surface area contributed by atoms with Gasteiger partial charge in [0, 0.05) is 44.1 Å². The Bertz CT molecular complexity index is 286. The lowest BCUT2D eigenvalue weighted by molar-refractivity contribution is -0.130. The summed E-state index contributed by atoms with van der Waals surface area (Å²) in [6.45, 7) is 7.92. The summed E-state index contributed by atoms with van der Waals surface area (Å²) >= 11 is 1.94. The molecule has 0 aromatic heterocycles. The molecule has 6 heteroatoms. The van der Waals surface area contributed by atoms with E-state index >= 15 is 0 Å². The van der Waals surface area contributed by atoms with Gasteiger partial charge in [0.25, 0.3) is 0 Å². The number of carbonyl (C=O) groups excluding carboxylic acids is 1. The predicted molar refractivity (Wildman–Crippen MR) is 77.9 cm³/mol. The van der Waals surface area contributed by atoms with E-state index in [1.54, 1.807) is 0 Å². The molecule has 104 valence electrons. The summed E-state index contributed by atoms with van der Waals surface area (Å²) in [6, 6.07) is 0. The van der Waals surface area contributed by atoms with E-state index < -0.39 is 0 Å². The molecular weight excluding hydrogens is 248 g/mol. The summed E-state index contributed by atoms with van der Waals surface area (Å²) in [5, 5.41) is 0. The minimum Gasteiger partial charge on any atom is -0.370 e. The molecular formula is C12H24N4OS. The van der Waals surface area contributed by atoms with Gasteiger partial charge in [0.2, 0.25) is 5.91 Å². The number of hydrogen-bond acceptors (Lipinski definition) is 3. The van der Waals surface area contributed by atoms with Gasteiger partial charge in [0.1, 0.15) is 0 Å². The maximum atomic E-state index is 11.8. The van der Waals surface area contributed by atoms with E-state index in [-0.39, 0.29) is 5.91 Å². The molecule has 0 spiro atoms. The molecule has 1 aliphatic rings. The van der Waals surface area contributed by atoms with E-state index in [1.165, 1.54) is 0 Å². The molecule has 0 unspecified atom stereocenters. The molecule has 0 aromatic carbocycles. The third-order valence-electron chi connectivity index (χ3n) is 3.05. The van der Waals surface area contributed by atoms with Crippen molar-refractivity contribution in [2.75, 3.05) is 44.2 Å². The van der Waals surface area contributed by atoms with Crippen LogP contribution >= 0.6 is 11.8 Å². The van der Waals surface area contributed by atoms with Crippen molar-refractivity contribution in [3.8, 4) is 0 Å². The molecule has 1 saturated heterocycles. The summed E-state index contributed by atoms with van der Waals surface area (Å²) in [6.07, 6.45) is 0.449. The number of nitrogens with zero attached hydrogens (tertiary/aromatic N) is 3. The van der Waals surface area contributed by atoms with Crippen LogP contribution in [0.5, 0.6) is 0 Å². The fourth-order valence-electron chi connectivity index (χ4n) is 1.89. The lowest BCUT2D eigenvalue weighted by atomic mass is 10.3. The number of thioether (sulfide) groups is 1. The Morgan fingerprint density at radius 1 is 1.33 bits per heavy atom. The number of carbonyl (C=O) groups is 1. The molecule has 0 radical (unpaired) electrons. The molecule has 1 amide bonds. The highest BCUT2D eigenvalue weighted by Gasteiger charge is 2.12. The first-order valence-corrected chi connectivity index (χ1v) is 7.74. The molecule has 5 nitrogen and oxygen atoms in total. The Morgan fingerprint density at radius 2 is 1.94 bits per heavy atom. The summed E-state index contributed by atoms with van der Waals surface area (Å²) in [5.74, 6) is 2.96. The van der Waals surface area contributed by atoms with Gasteiger partial charge in [-0.2, -0.15) is 11.8 Å². The molecule has 0 bridgehead atoms. The lowest BCUT2D eigenvalue weighted by Crippen LogP contribution is -2.42. The van der Waals surface area contributed by atoms with Crippen molar-refractivity contribution in [2.24, 2.45) is 10.7 Å². The monoisotopic (exact) mass is 272 g/mol. The van der Waals surface area contributed by atoms with Gasteiger partial charge in [-0.3, -0.25) is 9.79 Å². The van der Waals surface area contributed by atoms with Gasteiger partial charge in [-0.05, 0) is 13.8 Å². The number of aliphatic imine (C=N–C) groups is 1. The Balaban J connectivity index is 2.32. The average molecular weight is 272 g/mol. The Morgan fingerprint density at radius 3 is 2.50 bits per heavy atom. The molecule has 0 atom stereocenters. The van der Waals surface area contributed by atoms with Gasteiger partial charge < -0.3 is 15.5 Å². The fraction of sp³-hybridized carbons (Fsp3) is 0.833. The van der Waals surface area contributed by atoms with Gasteiger partial charge >= 0.3 is 0 Å². The quantitative estimate of drug-likeness (QED) is 0.588. The highest BCUT2D eigenvalue weighted by Crippen LogP contribution is 2.08. The minimum atomic E-state index is 0.158. The molecule has 18 heavy (non-hydrogen) atoms. The molecule has 2 N–H and O–H groups in total. The van der Waals surface area contributed by atoms with Crippen molar-refractivity contribution in [2.45, 2.75) is 20.3 Å².